The van der Waals surface area contributed by atoms with E-state index in [0.717, 1.165) is 43.9 Å². The molecule has 1 aromatic carbocycles. The van der Waals surface area contributed by atoms with Crippen molar-refractivity contribution in [2.45, 2.75) is 51.6 Å². The highest BCUT2D eigenvalue weighted by Gasteiger charge is 2.25. The van der Waals surface area contributed by atoms with Gasteiger partial charge in [-0.05, 0) is 62.4 Å². The van der Waals surface area contributed by atoms with Crippen LogP contribution >= 0.6 is 11.6 Å². The average molecular weight is 311 g/mol. The van der Waals surface area contributed by atoms with Crippen molar-refractivity contribution in [3.63, 3.8) is 0 Å². The Balaban J connectivity index is 2.13. The Morgan fingerprint density at radius 3 is 3.05 bits per heavy atom. The Hall–Kier alpha value is -0.770. The second kappa shape index (κ2) is 8.62. The largest absolute Gasteiger partial charge is 0.396 e. The topological polar surface area (TPSA) is 35.5 Å². The van der Waals surface area contributed by atoms with Crippen LogP contribution in [0.5, 0.6) is 0 Å². The SMILES string of the molecule is CCCNCc1cc(Cl)ccc1N1CCCC1CCCO. The Bertz CT molecular complexity index is 439. The fourth-order valence-corrected chi connectivity index (χ4v) is 3.35. The molecule has 0 radical (unpaired) electrons. The van der Waals surface area contributed by atoms with Gasteiger partial charge >= 0.3 is 0 Å². The lowest BCUT2D eigenvalue weighted by Gasteiger charge is -2.29. The molecule has 0 saturated carbocycles. The molecule has 1 unspecified atom stereocenters. The summed E-state index contributed by atoms with van der Waals surface area (Å²) in [4.78, 5) is 2.51. The molecule has 2 N–H and O–H groups in total. The first kappa shape index (κ1) is 16.6. The number of hydrogen-bond acceptors (Lipinski definition) is 3. The molecular weight excluding hydrogens is 284 g/mol. The zero-order valence-corrected chi connectivity index (χ0v) is 13.7. The van der Waals surface area contributed by atoms with E-state index in [9.17, 15) is 0 Å². The number of halogens is 1. The number of rotatable bonds is 8. The van der Waals surface area contributed by atoms with E-state index in [1.54, 1.807) is 0 Å². The van der Waals surface area contributed by atoms with Gasteiger partial charge in [-0.2, -0.15) is 0 Å². The van der Waals surface area contributed by atoms with Gasteiger partial charge in [-0.1, -0.05) is 18.5 Å². The molecule has 0 bridgehead atoms. The summed E-state index contributed by atoms with van der Waals surface area (Å²) < 4.78 is 0. The fourth-order valence-electron chi connectivity index (χ4n) is 3.16. The molecule has 21 heavy (non-hydrogen) atoms. The smallest absolute Gasteiger partial charge is 0.0431 e. The van der Waals surface area contributed by atoms with Crippen molar-refractivity contribution in [3.8, 4) is 0 Å². The van der Waals surface area contributed by atoms with Gasteiger partial charge in [0.25, 0.3) is 0 Å². The minimum Gasteiger partial charge on any atom is -0.396 e. The van der Waals surface area contributed by atoms with Crippen LogP contribution in [-0.2, 0) is 6.54 Å². The Kier molecular flexibility index (Phi) is 6.81. The maximum absolute atomic E-state index is 9.07. The monoisotopic (exact) mass is 310 g/mol. The molecule has 1 aromatic rings. The highest BCUT2D eigenvalue weighted by Crippen LogP contribution is 2.32. The molecule has 2 rings (SSSR count). The van der Waals surface area contributed by atoms with Crippen LogP contribution in [-0.4, -0.2) is 30.8 Å². The highest BCUT2D eigenvalue weighted by molar-refractivity contribution is 6.30. The Morgan fingerprint density at radius 1 is 1.43 bits per heavy atom. The van der Waals surface area contributed by atoms with Crippen LogP contribution in [0.1, 0.15) is 44.6 Å². The van der Waals surface area contributed by atoms with Gasteiger partial charge in [0.2, 0.25) is 0 Å². The van der Waals surface area contributed by atoms with E-state index in [2.05, 4.69) is 29.3 Å². The van der Waals surface area contributed by atoms with Crippen LogP contribution in [0.25, 0.3) is 0 Å². The highest BCUT2D eigenvalue weighted by atomic mass is 35.5. The lowest BCUT2D eigenvalue weighted by Crippen LogP contribution is -2.31. The first-order valence-corrected chi connectivity index (χ1v) is 8.50. The van der Waals surface area contributed by atoms with Crippen LogP contribution in [0.4, 0.5) is 5.69 Å². The zero-order chi connectivity index (χ0) is 15.1. The van der Waals surface area contributed by atoms with E-state index >= 15 is 0 Å². The summed E-state index contributed by atoms with van der Waals surface area (Å²) >= 11 is 6.18. The van der Waals surface area contributed by atoms with Gasteiger partial charge in [-0.3, -0.25) is 0 Å². The van der Waals surface area contributed by atoms with Crippen molar-refractivity contribution in [1.29, 1.82) is 0 Å². The molecule has 1 saturated heterocycles. The number of anilines is 1. The van der Waals surface area contributed by atoms with Crippen molar-refractivity contribution in [3.05, 3.63) is 28.8 Å². The van der Waals surface area contributed by atoms with Crippen molar-refractivity contribution in [2.75, 3.05) is 24.6 Å². The third-order valence-corrected chi connectivity index (χ3v) is 4.40. The molecule has 0 aromatic heterocycles. The summed E-state index contributed by atoms with van der Waals surface area (Å²) in [6.07, 6.45) is 5.56. The van der Waals surface area contributed by atoms with Gasteiger partial charge in [0.05, 0.1) is 0 Å². The van der Waals surface area contributed by atoms with Crippen LogP contribution < -0.4 is 10.2 Å². The third kappa shape index (κ3) is 4.60. The maximum atomic E-state index is 9.07. The number of benzene rings is 1. The van der Waals surface area contributed by atoms with Gasteiger partial charge in [0.15, 0.2) is 0 Å². The van der Waals surface area contributed by atoms with E-state index < -0.39 is 0 Å². The van der Waals surface area contributed by atoms with E-state index in [1.165, 1.54) is 24.1 Å². The second-order valence-electron chi connectivity index (χ2n) is 5.81. The first-order valence-electron chi connectivity index (χ1n) is 8.13. The molecule has 118 valence electrons. The predicted molar refractivity (Wildman–Crippen MR) is 90.1 cm³/mol. The second-order valence-corrected chi connectivity index (χ2v) is 6.24. The first-order chi connectivity index (χ1) is 10.3. The number of nitrogens with one attached hydrogen (secondary N) is 1. The standard InChI is InChI=1S/C17H27ClN2O/c1-2-9-19-13-14-12-15(18)7-8-17(14)20-10-3-5-16(20)6-4-11-21/h7-8,12,16,19,21H,2-6,9-11,13H2,1H3. The third-order valence-electron chi connectivity index (χ3n) is 4.17. The van der Waals surface area contributed by atoms with Gasteiger partial charge in [0, 0.05) is 36.4 Å². The van der Waals surface area contributed by atoms with Crippen LogP contribution in [0.2, 0.25) is 5.02 Å². The lowest BCUT2D eigenvalue weighted by atomic mass is 10.1. The van der Waals surface area contributed by atoms with E-state index in [1.807, 2.05) is 6.07 Å². The summed E-state index contributed by atoms with van der Waals surface area (Å²) in [6.45, 7) is 5.47. The minimum atomic E-state index is 0.288. The summed E-state index contributed by atoms with van der Waals surface area (Å²) in [7, 11) is 0. The quantitative estimate of drug-likeness (QED) is 0.720. The molecule has 0 aliphatic carbocycles. The molecule has 1 fully saturated rings. The normalized spacial score (nSPS) is 18.4. The van der Waals surface area contributed by atoms with Crippen LogP contribution in [0.15, 0.2) is 18.2 Å². The van der Waals surface area contributed by atoms with Gasteiger partial charge < -0.3 is 15.3 Å². The molecule has 1 atom stereocenters. The van der Waals surface area contributed by atoms with Crippen molar-refractivity contribution in [1.82, 2.24) is 5.32 Å². The maximum Gasteiger partial charge on any atom is 0.0431 e. The van der Waals surface area contributed by atoms with Gasteiger partial charge in [-0.15, -0.1) is 0 Å². The summed E-state index contributed by atoms with van der Waals surface area (Å²) in [5, 5.41) is 13.4. The fraction of sp³-hybridized carbons (Fsp3) is 0.647. The summed E-state index contributed by atoms with van der Waals surface area (Å²) in [6, 6.07) is 6.79. The van der Waals surface area contributed by atoms with Crippen LogP contribution in [0, 0.1) is 0 Å². The number of hydrogen-bond donors (Lipinski definition) is 2. The molecule has 3 nitrogen and oxygen atoms in total. The Labute approximate surface area is 133 Å². The number of aliphatic hydroxyl groups excluding tert-OH is 1. The Morgan fingerprint density at radius 2 is 2.29 bits per heavy atom. The van der Waals surface area contributed by atoms with Gasteiger partial charge in [-0.25, -0.2) is 0 Å². The lowest BCUT2D eigenvalue weighted by molar-refractivity contribution is 0.279. The van der Waals surface area contributed by atoms with Gasteiger partial charge in [0.1, 0.15) is 0 Å². The van der Waals surface area contributed by atoms with Crippen molar-refractivity contribution < 1.29 is 5.11 Å². The van der Waals surface area contributed by atoms with E-state index in [0.29, 0.717) is 6.04 Å². The van der Waals surface area contributed by atoms with E-state index in [4.69, 9.17) is 16.7 Å². The average Bonchev–Trinajstić information content (AvgIpc) is 2.94. The molecule has 0 amide bonds. The van der Waals surface area contributed by atoms with Crippen molar-refractivity contribution >= 4 is 17.3 Å². The number of aliphatic hydroxyl groups is 1. The molecule has 1 aliphatic rings. The summed E-state index contributed by atoms with van der Waals surface area (Å²) in [5.74, 6) is 0. The van der Waals surface area contributed by atoms with Crippen LogP contribution in [0.3, 0.4) is 0 Å². The van der Waals surface area contributed by atoms with Crippen molar-refractivity contribution in [2.24, 2.45) is 0 Å². The molecular formula is C17H27ClN2O. The molecule has 0 spiro atoms. The summed E-state index contributed by atoms with van der Waals surface area (Å²) in [5.41, 5.74) is 2.59. The predicted octanol–water partition coefficient (Wildman–Crippen LogP) is 3.58. The minimum absolute atomic E-state index is 0.288. The molecule has 1 heterocycles. The van der Waals surface area contributed by atoms with E-state index in [-0.39, 0.29) is 6.61 Å². The number of nitrogens with zero attached hydrogens (tertiary/aromatic N) is 1. The molecule has 1 aliphatic heterocycles. The molecule has 4 heteroatoms. The zero-order valence-electron chi connectivity index (χ0n) is 12.9.